The number of furan rings is 1. The molecule has 0 aliphatic rings. The molecule has 0 spiro atoms. The first-order valence-electron chi connectivity index (χ1n) is 7.15. The van der Waals surface area contributed by atoms with Crippen molar-refractivity contribution in [3.05, 3.63) is 53.5 Å². The minimum absolute atomic E-state index is 0.00806. The van der Waals surface area contributed by atoms with Crippen LogP contribution in [-0.2, 0) is 0 Å². The van der Waals surface area contributed by atoms with Gasteiger partial charge >= 0.3 is 0 Å². The predicted molar refractivity (Wildman–Crippen MR) is 85.2 cm³/mol. The number of amides is 1. The van der Waals surface area contributed by atoms with Gasteiger partial charge in [0.15, 0.2) is 0 Å². The lowest BCUT2D eigenvalue weighted by Crippen LogP contribution is -2.34. The zero-order chi connectivity index (χ0) is 16.1. The number of carbonyl (C=O) groups excluding carboxylic acids is 1. The van der Waals surface area contributed by atoms with Gasteiger partial charge in [0.05, 0.1) is 19.4 Å². The number of hydrogen-bond donors (Lipinski definition) is 1. The summed E-state index contributed by atoms with van der Waals surface area (Å²) >= 11 is 0. The van der Waals surface area contributed by atoms with E-state index in [1.807, 2.05) is 44.1 Å². The number of benzene rings is 1. The van der Waals surface area contributed by atoms with E-state index in [-0.39, 0.29) is 11.9 Å². The molecule has 22 heavy (non-hydrogen) atoms. The molecule has 0 bridgehead atoms. The lowest BCUT2D eigenvalue weighted by molar-refractivity contribution is 0.0938. The van der Waals surface area contributed by atoms with Gasteiger partial charge in [0, 0.05) is 12.1 Å². The van der Waals surface area contributed by atoms with Crippen LogP contribution in [0.4, 0.5) is 0 Å². The minimum Gasteiger partial charge on any atom is -0.496 e. The van der Waals surface area contributed by atoms with Gasteiger partial charge in [-0.15, -0.1) is 0 Å². The van der Waals surface area contributed by atoms with Crippen molar-refractivity contribution >= 4 is 5.91 Å². The standard InChI is InChI=1S/C17H22N2O3/c1-12-7-8-13(10-16(12)21-4)17(20)18-11-14(19(2)3)15-6-5-9-22-15/h5-10,14H,11H2,1-4H3,(H,18,20). The van der Waals surface area contributed by atoms with E-state index in [9.17, 15) is 4.79 Å². The van der Waals surface area contributed by atoms with Gasteiger partial charge in [-0.3, -0.25) is 9.69 Å². The van der Waals surface area contributed by atoms with Crippen LogP contribution in [-0.4, -0.2) is 38.6 Å². The maximum atomic E-state index is 12.3. The van der Waals surface area contributed by atoms with Gasteiger partial charge in [-0.2, -0.15) is 0 Å². The van der Waals surface area contributed by atoms with Crippen molar-refractivity contribution < 1.29 is 13.9 Å². The normalized spacial score (nSPS) is 12.2. The van der Waals surface area contributed by atoms with E-state index in [2.05, 4.69) is 5.32 Å². The average molecular weight is 302 g/mol. The van der Waals surface area contributed by atoms with Crippen molar-refractivity contribution in [3.8, 4) is 5.75 Å². The summed E-state index contributed by atoms with van der Waals surface area (Å²) in [5.41, 5.74) is 1.58. The van der Waals surface area contributed by atoms with Gasteiger partial charge in [-0.25, -0.2) is 0 Å². The van der Waals surface area contributed by atoms with E-state index in [0.717, 1.165) is 11.3 Å². The second kappa shape index (κ2) is 7.13. The average Bonchev–Trinajstić information content (AvgIpc) is 3.01. The molecule has 0 saturated heterocycles. The second-order valence-electron chi connectivity index (χ2n) is 5.39. The summed E-state index contributed by atoms with van der Waals surface area (Å²) in [4.78, 5) is 14.3. The molecule has 1 atom stereocenters. The van der Waals surface area contributed by atoms with Gasteiger partial charge in [0.25, 0.3) is 5.91 Å². The number of nitrogens with zero attached hydrogens (tertiary/aromatic N) is 1. The highest BCUT2D eigenvalue weighted by molar-refractivity contribution is 5.94. The highest BCUT2D eigenvalue weighted by Crippen LogP contribution is 2.20. The van der Waals surface area contributed by atoms with Crippen LogP contribution in [0.1, 0.15) is 27.7 Å². The number of hydrogen-bond acceptors (Lipinski definition) is 4. The molecule has 1 aromatic carbocycles. The molecule has 0 aliphatic carbocycles. The highest BCUT2D eigenvalue weighted by atomic mass is 16.5. The maximum absolute atomic E-state index is 12.3. The number of nitrogens with one attached hydrogen (secondary N) is 1. The Morgan fingerprint density at radius 1 is 1.36 bits per heavy atom. The Bertz CT molecular complexity index is 621. The van der Waals surface area contributed by atoms with Crippen LogP contribution in [0.2, 0.25) is 0 Å². The van der Waals surface area contributed by atoms with Gasteiger partial charge in [-0.1, -0.05) is 6.07 Å². The summed E-state index contributed by atoms with van der Waals surface area (Å²) in [6.07, 6.45) is 1.64. The Balaban J connectivity index is 2.05. The smallest absolute Gasteiger partial charge is 0.251 e. The summed E-state index contributed by atoms with van der Waals surface area (Å²) in [7, 11) is 5.51. The first kappa shape index (κ1) is 16.1. The van der Waals surface area contributed by atoms with Crippen molar-refractivity contribution in [2.45, 2.75) is 13.0 Å². The Morgan fingerprint density at radius 2 is 2.14 bits per heavy atom. The molecule has 2 aromatic rings. The number of methoxy groups -OCH3 is 1. The van der Waals surface area contributed by atoms with E-state index < -0.39 is 0 Å². The molecule has 1 heterocycles. The molecule has 1 N–H and O–H groups in total. The lowest BCUT2D eigenvalue weighted by atomic mass is 10.1. The zero-order valence-corrected chi connectivity index (χ0v) is 13.4. The molecule has 1 amide bonds. The Morgan fingerprint density at radius 3 is 2.73 bits per heavy atom. The molecule has 1 unspecified atom stereocenters. The zero-order valence-electron chi connectivity index (χ0n) is 13.4. The van der Waals surface area contributed by atoms with Crippen molar-refractivity contribution in [1.82, 2.24) is 10.2 Å². The van der Waals surface area contributed by atoms with Gasteiger partial charge < -0.3 is 14.5 Å². The number of carbonyl (C=O) groups is 1. The third-order valence-corrected chi connectivity index (χ3v) is 3.62. The van der Waals surface area contributed by atoms with Crippen LogP contribution in [0.25, 0.3) is 0 Å². The van der Waals surface area contributed by atoms with Crippen molar-refractivity contribution in [3.63, 3.8) is 0 Å². The Labute approximate surface area is 130 Å². The molecule has 0 aliphatic heterocycles. The Hall–Kier alpha value is -2.27. The second-order valence-corrected chi connectivity index (χ2v) is 5.39. The number of likely N-dealkylation sites (N-methyl/N-ethyl adjacent to an activating group) is 1. The number of rotatable bonds is 6. The third kappa shape index (κ3) is 3.68. The molecule has 2 rings (SSSR count). The van der Waals surface area contributed by atoms with Crippen molar-refractivity contribution in [2.24, 2.45) is 0 Å². The SMILES string of the molecule is COc1cc(C(=O)NCC(c2ccco2)N(C)C)ccc1C. The summed E-state index contributed by atoms with van der Waals surface area (Å²) in [5.74, 6) is 1.41. The van der Waals surface area contributed by atoms with Crippen LogP contribution >= 0.6 is 0 Å². The van der Waals surface area contributed by atoms with Gasteiger partial charge in [-0.05, 0) is 50.8 Å². The monoisotopic (exact) mass is 302 g/mol. The van der Waals surface area contributed by atoms with E-state index >= 15 is 0 Å². The summed E-state index contributed by atoms with van der Waals surface area (Å²) < 4.78 is 10.7. The van der Waals surface area contributed by atoms with Gasteiger partial charge in [0.1, 0.15) is 11.5 Å². The molecule has 5 nitrogen and oxygen atoms in total. The molecule has 0 saturated carbocycles. The number of ether oxygens (including phenoxy) is 1. The fraction of sp³-hybridized carbons (Fsp3) is 0.353. The van der Waals surface area contributed by atoms with E-state index in [4.69, 9.17) is 9.15 Å². The third-order valence-electron chi connectivity index (χ3n) is 3.62. The predicted octanol–water partition coefficient (Wildman–Crippen LogP) is 2.63. The Kier molecular flexibility index (Phi) is 5.22. The fourth-order valence-electron chi connectivity index (χ4n) is 2.27. The molecule has 118 valence electrons. The summed E-state index contributed by atoms with van der Waals surface area (Å²) in [5, 5.41) is 2.94. The molecule has 5 heteroatoms. The molecule has 0 radical (unpaired) electrons. The maximum Gasteiger partial charge on any atom is 0.251 e. The van der Waals surface area contributed by atoms with Crippen molar-refractivity contribution in [2.75, 3.05) is 27.7 Å². The van der Waals surface area contributed by atoms with Crippen molar-refractivity contribution in [1.29, 1.82) is 0 Å². The quantitative estimate of drug-likeness (QED) is 0.891. The van der Waals surface area contributed by atoms with E-state index in [0.29, 0.717) is 17.9 Å². The summed E-state index contributed by atoms with van der Waals surface area (Å²) in [6.45, 7) is 2.41. The van der Waals surface area contributed by atoms with Crippen LogP contribution in [0.3, 0.4) is 0 Å². The topological polar surface area (TPSA) is 54.7 Å². The first-order valence-corrected chi connectivity index (χ1v) is 7.15. The minimum atomic E-state index is -0.128. The highest BCUT2D eigenvalue weighted by Gasteiger charge is 2.18. The first-order chi connectivity index (χ1) is 10.5. The van der Waals surface area contributed by atoms with Crippen LogP contribution in [0.5, 0.6) is 5.75 Å². The molecular weight excluding hydrogens is 280 g/mol. The van der Waals surface area contributed by atoms with Crippen LogP contribution in [0, 0.1) is 6.92 Å². The van der Waals surface area contributed by atoms with E-state index in [1.54, 1.807) is 25.5 Å². The van der Waals surface area contributed by atoms with Gasteiger partial charge in [0.2, 0.25) is 0 Å². The van der Waals surface area contributed by atoms with Crippen LogP contribution in [0.15, 0.2) is 41.0 Å². The largest absolute Gasteiger partial charge is 0.496 e. The van der Waals surface area contributed by atoms with E-state index in [1.165, 1.54) is 0 Å². The fourth-order valence-corrected chi connectivity index (χ4v) is 2.27. The molecular formula is C17H22N2O3. The van der Waals surface area contributed by atoms with Crippen LogP contribution < -0.4 is 10.1 Å². The lowest BCUT2D eigenvalue weighted by Gasteiger charge is -2.22. The molecule has 0 fully saturated rings. The molecule has 1 aromatic heterocycles. The summed E-state index contributed by atoms with van der Waals surface area (Å²) in [6, 6.07) is 9.17. The number of aryl methyl sites for hydroxylation is 1.